The van der Waals surface area contributed by atoms with Crippen molar-refractivity contribution in [2.75, 3.05) is 11.9 Å². The second-order valence-electron chi connectivity index (χ2n) is 6.64. The number of hydrogen-bond acceptors (Lipinski definition) is 4. The molecule has 0 heterocycles. The molecule has 0 bridgehead atoms. The number of esters is 1. The zero-order valence-corrected chi connectivity index (χ0v) is 14.8. The van der Waals surface area contributed by atoms with Crippen LogP contribution in [0.15, 0.2) is 24.3 Å². The van der Waals surface area contributed by atoms with Crippen LogP contribution in [-0.4, -0.2) is 35.6 Å². The highest BCUT2D eigenvalue weighted by molar-refractivity contribution is 5.78. The maximum atomic E-state index is 14.3. The van der Waals surface area contributed by atoms with Crippen LogP contribution in [0.4, 0.5) is 14.5 Å². The Labute approximate surface area is 151 Å². The molecule has 1 aromatic carbocycles. The number of aryl methyl sites for hydroxylation is 1. The Morgan fingerprint density at radius 3 is 2.81 bits per heavy atom. The molecule has 2 N–H and O–H groups in total. The number of carboxylic acid groups (broad SMARTS) is 1. The van der Waals surface area contributed by atoms with Crippen LogP contribution in [0.1, 0.15) is 44.6 Å². The molecule has 1 aliphatic carbocycles. The monoisotopic (exact) mass is 369 g/mol. The van der Waals surface area contributed by atoms with Gasteiger partial charge in [-0.15, -0.1) is 0 Å². The number of carbonyl (C=O) groups excluding carboxylic acids is 1. The molecule has 2 rings (SSSR count). The minimum absolute atomic E-state index is 0.0424. The first-order valence-corrected chi connectivity index (χ1v) is 8.95. The Balaban J connectivity index is 1.98. The number of benzene rings is 1. The fourth-order valence-corrected chi connectivity index (χ4v) is 3.35. The van der Waals surface area contributed by atoms with Crippen LogP contribution in [0.3, 0.4) is 0 Å². The summed E-state index contributed by atoms with van der Waals surface area (Å²) in [5.41, 5.74) is 1.65. The van der Waals surface area contributed by atoms with Crippen molar-refractivity contribution in [2.24, 2.45) is 5.92 Å². The Hall–Kier alpha value is -2.18. The Morgan fingerprint density at radius 2 is 2.12 bits per heavy atom. The van der Waals surface area contributed by atoms with Crippen molar-refractivity contribution in [3.05, 3.63) is 29.8 Å². The normalized spacial score (nSPS) is 20.4. The van der Waals surface area contributed by atoms with Gasteiger partial charge in [0.25, 0.3) is 0 Å². The molecule has 2 unspecified atom stereocenters. The number of carboxylic acids is 1. The summed E-state index contributed by atoms with van der Waals surface area (Å²) < 4.78 is 33.1. The molecule has 1 saturated carbocycles. The van der Waals surface area contributed by atoms with Crippen molar-refractivity contribution in [3.63, 3.8) is 0 Å². The van der Waals surface area contributed by atoms with Crippen molar-refractivity contribution in [1.82, 2.24) is 0 Å². The van der Waals surface area contributed by atoms with Gasteiger partial charge in [0.2, 0.25) is 0 Å². The number of aliphatic carboxylic acids is 1. The number of nitrogens with one attached hydrogen (secondary N) is 1. The van der Waals surface area contributed by atoms with Crippen LogP contribution in [-0.2, 0) is 20.7 Å². The van der Waals surface area contributed by atoms with E-state index >= 15 is 0 Å². The highest BCUT2D eigenvalue weighted by Crippen LogP contribution is 2.38. The van der Waals surface area contributed by atoms with E-state index in [4.69, 9.17) is 5.11 Å². The van der Waals surface area contributed by atoms with Crippen LogP contribution >= 0.6 is 0 Å². The summed E-state index contributed by atoms with van der Waals surface area (Å²) in [6.45, 7) is 1.45. The molecule has 1 aromatic rings. The number of alkyl halides is 2. The molecule has 7 heteroatoms. The van der Waals surface area contributed by atoms with Gasteiger partial charge in [0.05, 0.1) is 6.61 Å². The molecule has 0 saturated heterocycles. The first-order valence-electron chi connectivity index (χ1n) is 8.95. The van der Waals surface area contributed by atoms with Gasteiger partial charge in [0.15, 0.2) is 0 Å². The first kappa shape index (κ1) is 20.1. The lowest BCUT2D eigenvalue weighted by molar-refractivity contribution is -0.182. The molecule has 0 aliphatic heterocycles. The Morgan fingerprint density at radius 1 is 1.35 bits per heavy atom. The number of hydrogen-bond donors (Lipinski definition) is 2. The molecule has 26 heavy (non-hydrogen) atoms. The summed E-state index contributed by atoms with van der Waals surface area (Å²) in [5.74, 6) is -6.82. The minimum Gasteiger partial charge on any atom is -0.481 e. The summed E-state index contributed by atoms with van der Waals surface area (Å²) in [6.07, 6.45) is 2.29. The van der Waals surface area contributed by atoms with E-state index in [0.717, 1.165) is 17.7 Å². The van der Waals surface area contributed by atoms with Crippen molar-refractivity contribution < 1.29 is 28.2 Å². The lowest BCUT2D eigenvalue weighted by Gasteiger charge is -2.33. The van der Waals surface area contributed by atoms with Gasteiger partial charge in [-0.3, -0.25) is 4.79 Å². The summed E-state index contributed by atoms with van der Waals surface area (Å²) in [6, 6.07) is 7.16. The van der Waals surface area contributed by atoms with Gasteiger partial charge in [0.1, 0.15) is 0 Å². The second kappa shape index (κ2) is 8.96. The fourth-order valence-electron chi connectivity index (χ4n) is 3.35. The summed E-state index contributed by atoms with van der Waals surface area (Å²) >= 11 is 0. The van der Waals surface area contributed by atoms with E-state index in [2.05, 4.69) is 10.1 Å². The molecule has 0 aromatic heterocycles. The SMILES string of the molecule is CCOC(=O)C(F)(F)C1CCCC(Nc2cccc(CCC(=O)O)c2)C1. The molecule has 2 atom stereocenters. The highest BCUT2D eigenvalue weighted by Gasteiger charge is 2.49. The van der Waals surface area contributed by atoms with E-state index in [1.165, 1.54) is 6.92 Å². The summed E-state index contributed by atoms with van der Waals surface area (Å²) in [4.78, 5) is 22.2. The van der Waals surface area contributed by atoms with Crippen molar-refractivity contribution in [2.45, 2.75) is 57.4 Å². The van der Waals surface area contributed by atoms with Crippen LogP contribution in [0.25, 0.3) is 0 Å². The number of anilines is 1. The Kier molecular flexibility index (Phi) is 6.94. The van der Waals surface area contributed by atoms with Crippen LogP contribution in [0.5, 0.6) is 0 Å². The molecule has 0 spiro atoms. The van der Waals surface area contributed by atoms with E-state index in [9.17, 15) is 18.4 Å². The zero-order chi connectivity index (χ0) is 19.2. The van der Waals surface area contributed by atoms with Gasteiger partial charge in [-0.05, 0) is 50.3 Å². The maximum absolute atomic E-state index is 14.3. The molecule has 5 nitrogen and oxygen atoms in total. The van der Waals surface area contributed by atoms with Gasteiger partial charge in [0, 0.05) is 24.1 Å². The van der Waals surface area contributed by atoms with Crippen molar-refractivity contribution in [1.29, 1.82) is 0 Å². The van der Waals surface area contributed by atoms with E-state index in [1.807, 2.05) is 24.3 Å². The molecular formula is C19H25F2NO4. The largest absolute Gasteiger partial charge is 0.481 e. The van der Waals surface area contributed by atoms with Crippen molar-refractivity contribution >= 4 is 17.6 Å². The number of rotatable bonds is 8. The average Bonchev–Trinajstić information content (AvgIpc) is 2.61. The zero-order valence-electron chi connectivity index (χ0n) is 14.8. The van der Waals surface area contributed by atoms with Gasteiger partial charge < -0.3 is 15.2 Å². The van der Waals surface area contributed by atoms with Gasteiger partial charge in [-0.2, -0.15) is 8.78 Å². The number of carbonyl (C=O) groups is 2. The topological polar surface area (TPSA) is 75.6 Å². The number of halogens is 2. The molecule has 1 aliphatic rings. The molecule has 1 fully saturated rings. The standard InChI is InChI=1S/C19H25F2NO4/c1-2-26-18(25)19(20,21)14-6-4-8-16(12-14)22-15-7-3-5-13(11-15)9-10-17(23)24/h3,5,7,11,14,16,22H,2,4,6,8-10,12H2,1H3,(H,23,24). The molecular weight excluding hydrogens is 344 g/mol. The third-order valence-electron chi connectivity index (χ3n) is 4.66. The average molecular weight is 369 g/mol. The smallest absolute Gasteiger partial charge is 0.377 e. The predicted molar refractivity (Wildman–Crippen MR) is 93.3 cm³/mol. The molecule has 144 valence electrons. The Bertz CT molecular complexity index is 636. The third-order valence-corrected chi connectivity index (χ3v) is 4.66. The second-order valence-corrected chi connectivity index (χ2v) is 6.64. The van der Waals surface area contributed by atoms with E-state index in [0.29, 0.717) is 19.3 Å². The van der Waals surface area contributed by atoms with E-state index in [-0.39, 0.29) is 25.5 Å². The lowest BCUT2D eigenvalue weighted by atomic mass is 9.81. The first-order chi connectivity index (χ1) is 12.3. The van der Waals surface area contributed by atoms with Gasteiger partial charge in [-0.25, -0.2) is 4.79 Å². The van der Waals surface area contributed by atoms with Crippen LogP contribution < -0.4 is 5.32 Å². The summed E-state index contributed by atoms with van der Waals surface area (Å²) in [7, 11) is 0. The van der Waals surface area contributed by atoms with E-state index < -0.39 is 23.8 Å². The van der Waals surface area contributed by atoms with E-state index in [1.54, 1.807) is 0 Å². The van der Waals surface area contributed by atoms with Gasteiger partial charge >= 0.3 is 17.9 Å². The van der Waals surface area contributed by atoms with Crippen LogP contribution in [0.2, 0.25) is 0 Å². The molecule has 0 amide bonds. The quantitative estimate of drug-likeness (QED) is 0.680. The van der Waals surface area contributed by atoms with Gasteiger partial charge in [-0.1, -0.05) is 18.6 Å². The lowest BCUT2D eigenvalue weighted by Crippen LogP contribution is -2.43. The fraction of sp³-hybridized carbons (Fsp3) is 0.579. The predicted octanol–water partition coefficient (Wildman–Crippen LogP) is 3.87. The third kappa shape index (κ3) is 5.41. The maximum Gasteiger partial charge on any atom is 0.377 e. The summed E-state index contributed by atoms with van der Waals surface area (Å²) in [5, 5.41) is 12.0. The van der Waals surface area contributed by atoms with Crippen molar-refractivity contribution in [3.8, 4) is 0 Å². The highest BCUT2D eigenvalue weighted by atomic mass is 19.3. The van der Waals surface area contributed by atoms with Crippen LogP contribution in [0, 0.1) is 5.92 Å². The number of ether oxygens (including phenoxy) is 1. The molecule has 0 radical (unpaired) electrons. The minimum atomic E-state index is -3.47.